The summed E-state index contributed by atoms with van der Waals surface area (Å²) in [6, 6.07) is 12.4. The van der Waals surface area contributed by atoms with E-state index in [2.05, 4.69) is 44.7 Å². The average Bonchev–Trinajstić information content (AvgIpc) is 3.33. The molecule has 1 aliphatic rings. The first-order valence-electron chi connectivity index (χ1n) is 11.8. The number of hydrogen-bond donors (Lipinski definition) is 1. The lowest BCUT2D eigenvalue weighted by molar-refractivity contribution is 0.246. The van der Waals surface area contributed by atoms with Crippen LogP contribution in [-0.4, -0.2) is 55.6 Å². The van der Waals surface area contributed by atoms with E-state index < -0.39 is 0 Å². The predicted molar refractivity (Wildman–Crippen MR) is 140 cm³/mol. The Balaban J connectivity index is 1.36. The lowest BCUT2D eigenvalue weighted by atomic mass is 10.1. The highest BCUT2D eigenvalue weighted by Crippen LogP contribution is 2.28. The van der Waals surface area contributed by atoms with Crippen LogP contribution in [0.25, 0.3) is 22.3 Å². The molecule has 9 heteroatoms. The van der Waals surface area contributed by atoms with E-state index in [1.807, 2.05) is 25.1 Å². The Morgan fingerprint density at radius 3 is 2.64 bits per heavy atom. The molecular formula is C27H27N9. The van der Waals surface area contributed by atoms with Gasteiger partial charge in [0, 0.05) is 62.0 Å². The molecule has 0 spiro atoms. The molecule has 2 N–H and O–H groups in total. The number of aryl methyl sites for hydroxylation is 1. The van der Waals surface area contributed by atoms with Crippen molar-refractivity contribution in [1.29, 1.82) is 5.26 Å². The lowest BCUT2D eigenvalue weighted by Gasteiger charge is -2.35. The van der Waals surface area contributed by atoms with Gasteiger partial charge in [0.15, 0.2) is 0 Å². The molecule has 0 amide bonds. The monoisotopic (exact) mass is 477 g/mol. The molecule has 36 heavy (non-hydrogen) atoms. The van der Waals surface area contributed by atoms with E-state index in [4.69, 9.17) is 15.7 Å². The number of piperazine rings is 1. The van der Waals surface area contributed by atoms with Crippen LogP contribution in [-0.2, 0) is 6.54 Å². The highest BCUT2D eigenvalue weighted by Gasteiger charge is 2.20. The quantitative estimate of drug-likeness (QED) is 0.422. The summed E-state index contributed by atoms with van der Waals surface area (Å²) >= 11 is 0. The molecule has 1 aliphatic heterocycles. The minimum Gasteiger partial charge on any atom is -0.404 e. The van der Waals surface area contributed by atoms with Crippen LogP contribution in [0.15, 0.2) is 67.8 Å². The maximum atomic E-state index is 9.60. The zero-order valence-electron chi connectivity index (χ0n) is 20.2. The third-order valence-electron chi connectivity index (χ3n) is 6.36. The van der Waals surface area contributed by atoms with E-state index in [1.54, 1.807) is 23.0 Å². The Bertz CT molecular complexity index is 1470. The summed E-state index contributed by atoms with van der Waals surface area (Å²) in [6.07, 6.45) is 8.18. The highest BCUT2D eigenvalue weighted by molar-refractivity contribution is 5.83. The van der Waals surface area contributed by atoms with Crippen LogP contribution in [0.3, 0.4) is 0 Å². The number of hydrogen-bond acceptors (Lipinski definition) is 8. The summed E-state index contributed by atoms with van der Waals surface area (Å²) in [5, 5.41) is 13.9. The van der Waals surface area contributed by atoms with E-state index in [9.17, 15) is 5.26 Å². The third-order valence-corrected chi connectivity index (χ3v) is 6.36. The zero-order valence-corrected chi connectivity index (χ0v) is 20.2. The fourth-order valence-electron chi connectivity index (χ4n) is 4.46. The third kappa shape index (κ3) is 4.54. The van der Waals surface area contributed by atoms with E-state index in [1.165, 1.54) is 12.4 Å². The van der Waals surface area contributed by atoms with Gasteiger partial charge in [-0.1, -0.05) is 18.7 Å². The van der Waals surface area contributed by atoms with E-state index in [0.29, 0.717) is 28.0 Å². The van der Waals surface area contributed by atoms with Crippen LogP contribution in [0.5, 0.6) is 0 Å². The minimum atomic E-state index is 0.448. The van der Waals surface area contributed by atoms with Crippen LogP contribution in [0, 0.1) is 18.3 Å². The molecular weight excluding hydrogens is 450 g/mol. The minimum absolute atomic E-state index is 0.448. The van der Waals surface area contributed by atoms with Gasteiger partial charge >= 0.3 is 0 Å². The molecule has 0 bridgehead atoms. The average molecular weight is 478 g/mol. The van der Waals surface area contributed by atoms with Crippen LogP contribution < -0.4 is 10.6 Å². The maximum Gasteiger partial charge on any atom is 0.128 e. The summed E-state index contributed by atoms with van der Waals surface area (Å²) in [4.78, 5) is 18.9. The number of anilines is 1. The molecule has 1 saturated heterocycles. The number of aromatic nitrogens is 5. The number of allylic oxidation sites excluding steroid dienone is 2. The van der Waals surface area contributed by atoms with E-state index >= 15 is 0 Å². The first-order chi connectivity index (χ1) is 17.6. The van der Waals surface area contributed by atoms with Crippen molar-refractivity contribution in [3.05, 3.63) is 90.4 Å². The van der Waals surface area contributed by atoms with Crippen LogP contribution in [0.1, 0.15) is 22.6 Å². The predicted octanol–water partition coefficient (Wildman–Crippen LogP) is 3.17. The van der Waals surface area contributed by atoms with Crippen LogP contribution in [0.4, 0.5) is 5.82 Å². The van der Waals surface area contributed by atoms with Gasteiger partial charge in [-0.2, -0.15) is 10.4 Å². The van der Waals surface area contributed by atoms with E-state index in [-0.39, 0.29) is 0 Å². The molecule has 4 aromatic heterocycles. The van der Waals surface area contributed by atoms with Crippen LogP contribution in [0.2, 0.25) is 0 Å². The van der Waals surface area contributed by atoms with E-state index in [0.717, 1.165) is 55.5 Å². The van der Waals surface area contributed by atoms with Gasteiger partial charge in [0.1, 0.15) is 23.0 Å². The normalized spacial score (nSPS) is 14.7. The Kier molecular flexibility index (Phi) is 6.43. The van der Waals surface area contributed by atoms with Crippen molar-refractivity contribution in [2.75, 3.05) is 31.1 Å². The second kappa shape index (κ2) is 9.98. The van der Waals surface area contributed by atoms with Gasteiger partial charge in [-0.15, -0.1) is 0 Å². The molecule has 0 radical (unpaired) electrons. The van der Waals surface area contributed by atoms with Gasteiger partial charge in [-0.3, -0.25) is 9.88 Å². The maximum absolute atomic E-state index is 9.60. The van der Waals surface area contributed by atoms with Crippen LogP contribution >= 0.6 is 0 Å². The Hall–Kier alpha value is -4.55. The summed E-state index contributed by atoms with van der Waals surface area (Å²) in [7, 11) is 0. The van der Waals surface area contributed by atoms with Gasteiger partial charge < -0.3 is 10.6 Å². The number of nitrogens with zero attached hydrogens (tertiary/aromatic N) is 8. The number of nitriles is 1. The van der Waals surface area contributed by atoms with Crippen molar-refractivity contribution in [3.8, 4) is 17.3 Å². The largest absolute Gasteiger partial charge is 0.404 e. The molecule has 180 valence electrons. The number of fused-ring (bicyclic) bond motifs is 1. The molecule has 5 rings (SSSR count). The molecule has 5 heterocycles. The molecule has 0 aromatic carbocycles. The Labute approximate surface area is 209 Å². The molecule has 0 aliphatic carbocycles. The number of pyridine rings is 2. The van der Waals surface area contributed by atoms with Crippen molar-refractivity contribution in [3.63, 3.8) is 0 Å². The SMILES string of the molecule is C=C/C(=C\N)c1cn2ncc(C#N)c2c(-c2ccc(N3CCN(Cc4cccc(C)n4)CC3)nc2)n1. The van der Waals surface area contributed by atoms with Gasteiger partial charge in [0.25, 0.3) is 0 Å². The van der Waals surface area contributed by atoms with Gasteiger partial charge in [0.2, 0.25) is 0 Å². The lowest BCUT2D eigenvalue weighted by Crippen LogP contribution is -2.46. The van der Waals surface area contributed by atoms with Crippen molar-refractivity contribution in [2.45, 2.75) is 13.5 Å². The fraction of sp³-hybridized carbons (Fsp3) is 0.222. The Morgan fingerprint density at radius 2 is 1.97 bits per heavy atom. The van der Waals surface area contributed by atoms with Crippen molar-refractivity contribution >= 4 is 16.9 Å². The molecule has 1 fully saturated rings. The molecule has 0 atom stereocenters. The smallest absolute Gasteiger partial charge is 0.128 e. The second-order valence-corrected chi connectivity index (χ2v) is 8.70. The van der Waals surface area contributed by atoms with Crippen molar-refractivity contribution in [2.24, 2.45) is 5.73 Å². The molecule has 0 saturated carbocycles. The highest BCUT2D eigenvalue weighted by atomic mass is 15.3. The van der Waals surface area contributed by atoms with Gasteiger partial charge in [-0.25, -0.2) is 14.5 Å². The summed E-state index contributed by atoms with van der Waals surface area (Å²) < 4.78 is 1.65. The van der Waals surface area contributed by atoms with Gasteiger partial charge in [0.05, 0.1) is 29.5 Å². The second-order valence-electron chi connectivity index (χ2n) is 8.70. The number of nitrogens with two attached hydrogens (primary N) is 1. The van der Waals surface area contributed by atoms with Crippen molar-refractivity contribution in [1.82, 2.24) is 29.5 Å². The molecule has 4 aromatic rings. The summed E-state index contributed by atoms with van der Waals surface area (Å²) in [6.45, 7) is 10.4. The first-order valence-corrected chi connectivity index (χ1v) is 11.8. The fourth-order valence-corrected chi connectivity index (χ4v) is 4.46. The van der Waals surface area contributed by atoms with Crippen molar-refractivity contribution < 1.29 is 0 Å². The van der Waals surface area contributed by atoms with Gasteiger partial charge in [-0.05, 0) is 31.2 Å². The summed E-state index contributed by atoms with van der Waals surface area (Å²) in [5.41, 5.74) is 11.7. The number of rotatable bonds is 6. The summed E-state index contributed by atoms with van der Waals surface area (Å²) in [5.74, 6) is 0.918. The first kappa shape index (κ1) is 23.2. The Morgan fingerprint density at radius 1 is 1.14 bits per heavy atom. The topological polar surface area (TPSA) is 112 Å². The molecule has 9 nitrogen and oxygen atoms in total. The zero-order chi connectivity index (χ0) is 25.1. The molecule has 0 unspecified atom stereocenters. The standard InChI is InChI=1S/C27H27N9/c1-3-20(13-28)24-18-36-27(22(14-29)16-31-36)26(33-24)21-7-8-25(30-15-21)35-11-9-34(10-12-35)17-23-6-4-5-19(2)32-23/h3-8,13,15-16,18H,1,9-12,17,28H2,2H3/b20-13+.